The number of halogens is 1. The first-order chi connectivity index (χ1) is 20.2. The molecule has 43 heavy (non-hydrogen) atoms. The van der Waals surface area contributed by atoms with Crippen LogP contribution in [0.4, 0.5) is 15.3 Å². The number of rotatable bonds is 5. The van der Waals surface area contributed by atoms with Crippen molar-refractivity contribution in [1.29, 1.82) is 0 Å². The Labute approximate surface area is 253 Å². The van der Waals surface area contributed by atoms with Crippen LogP contribution in [0.15, 0.2) is 47.3 Å². The van der Waals surface area contributed by atoms with Crippen LogP contribution in [-0.4, -0.2) is 76.5 Å². The van der Waals surface area contributed by atoms with E-state index in [9.17, 15) is 24.0 Å². The van der Waals surface area contributed by atoms with Crippen LogP contribution < -0.4 is 16.2 Å². The lowest BCUT2D eigenvalue weighted by Gasteiger charge is -2.27. The van der Waals surface area contributed by atoms with Crippen molar-refractivity contribution in [2.45, 2.75) is 45.8 Å². The zero-order valence-corrected chi connectivity index (χ0v) is 25.5. The van der Waals surface area contributed by atoms with Crippen molar-refractivity contribution < 1.29 is 23.9 Å². The lowest BCUT2D eigenvalue weighted by atomic mass is 10.1. The second-order valence-corrected chi connectivity index (χ2v) is 11.9. The van der Waals surface area contributed by atoms with Gasteiger partial charge in [-0.3, -0.25) is 14.4 Å². The minimum absolute atomic E-state index is 0.149. The molecule has 3 aromatic rings. The number of H-pyrrole nitrogens is 1. The Morgan fingerprint density at radius 2 is 1.74 bits per heavy atom. The molecule has 0 spiro atoms. The molecule has 0 radical (unpaired) electrons. The number of carbonyl (C=O) groups is 4. The minimum atomic E-state index is -0.936. The second kappa shape index (κ2) is 12.7. The van der Waals surface area contributed by atoms with E-state index in [-0.39, 0.29) is 23.7 Å². The molecule has 12 nitrogen and oxygen atoms in total. The van der Waals surface area contributed by atoms with Gasteiger partial charge in [0.2, 0.25) is 5.43 Å². The average molecular weight is 611 g/mol. The Kier molecular flexibility index (Phi) is 9.29. The fourth-order valence-electron chi connectivity index (χ4n) is 4.58. The summed E-state index contributed by atoms with van der Waals surface area (Å²) in [5, 5.41) is 4.15. The molecule has 0 saturated carbocycles. The van der Waals surface area contributed by atoms with Crippen LogP contribution in [0, 0.1) is 0 Å². The first-order valence-electron chi connectivity index (χ1n) is 13.8. The topological polar surface area (TPSA) is 144 Å². The van der Waals surface area contributed by atoms with Crippen LogP contribution in [0.3, 0.4) is 0 Å². The molecule has 1 aliphatic rings. The van der Waals surface area contributed by atoms with E-state index in [2.05, 4.69) is 15.7 Å². The van der Waals surface area contributed by atoms with Crippen molar-refractivity contribution in [3.63, 3.8) is 0 Å². The highest BCUT2D eigenvalue weighted by Crippen LogP contribution is 2.22. The largest absolute Gasteiger partial charge is 0.443 e. The number of anilines is 1. The van der Waals surface area contributed by atoms with Crippen molar-refractivity contribution in [1.82, 2.24) is 25.2 Å². The summed E-state index contributed by atoms with van der Waals surface area (Å²) >= 11 is 6.16. The summed E-state index contributed by atoms with van der Waals surface area (Å²) in [7, 11) is 3.20. The SMILES string of the molecule is CN(C)C(=O)Nc1cccc(CN(NC(=O)OC(C)(C)C)C(=O)c2c(C(=O)N3CCCC3)[nH]c3cc(Cl)ccc3c2=O)c1. The Balaban J connectivity index is 1.80. The monoisotopic (exact) mass is 610 g/mol. The maximum Gasteiger partial charge on any atom is 0.426 e. The number of nitrogens with zero attached hydrogens (tertiary/aromatic N) is 3. The van der Waals surface area contributed by atoms with E-state index in [1.807, 2.05) is 0 Å². The highest BCUT2D eigenvalue weighted by atomic mass is 35.5. The first-order valence-corrected chi connectivity index (χ1v) is 14.1. The fraction of sp³-hybridized carbons (Fsp3) is 0.367. The molecule has 2 heterocycles. The third kappa shape index (κ3) is 7.63. The van der Waals surface area contributed by atoms with Gasteiger partial charge in [0.05, 0.1) is 12.1 Å². The lowest BCUT2D eigenvalue weighted by molar-refractivity contribution is 0.0280. The van der Waals surface area contributed by atoms with E-state index in [4.69, 9.17) is 16.3 Å². The van der Waals surface area contributed by atoms with Crippen LogP contribution in [0.2, 0.25) is 5.02 Å². The number of fused-ring (bicyclic) bond motifs is 1. The predicted molar refractivity (Wildman–Crippen MR) is 163 cm³/mol. The summed E-state index contributed by atoms with van der Waals surface area (Å²) in [6.45, 7) is 5.74. The Bertz CT molecular complexity index is 1620. The molecule has 0 bridgehead atoms. The Hall–Kier alpha value is -4.58. The molecule has 2 aromatic carbocycles. The van der Waals surface area contributed by atoms with Crippen molar-refractivity contribution in [2.75, 3.05) is 32.5 Å². The van der Waals surface area contributed by atoms with Gasteiger partial charge in [0, 0.05) is 43.3 Å². The molecule has 1 aromatic heterocycles. The van der Waals surface area contributed by atoms with Crippen LogP contribution in [0.5, 0.6) is 0 Å². The molecule has 4 rings (SSSR count). The number of benzene rings is 2. The summed E-state index contributed by atoms with van der Waals surface area (Å²) in [5.41, 5.74) is 1.50. The van der Waals surface area contributed by atoms with Crippen molar-refractivity contribution >= 4 is 52.1 Å². The number of hydrazine groups is 1. The molecule has 0 atom stereocenters. The molecular formula is C30H35ClN6O6. The highest BCUT2D eigenvalue weighted by Gasteiger charge is 2.32. The normalized spacial score (nSPS) is 13.0. The number of carbonyl (C=O) groups excluding carboxylic acids is 4. The number of hydrogen-bond acceptors (Lipinski definition) is 6. The van der Waals surface area contributed by atoms with Crippen LogP contribution in [-0.2, 0) is 11.3 Å². The summed E-state index contributed by atoms with van der Waals surface area (Å²) in [6.07, 6.45) is 0.659. The van der Waals surface area contributed by atoms with Crippen molar-refractivity contribution in [3.8, 4) is 0 Å². The molecule has 0 aliphatic carbocycles. The number of aromatic nitrogens is 1. The molecule has 1 aliphatic heterocycles. The van der Waals surface area contributed by atoms with Crippen LogP contribution >= 0.6 is 11.6 Å². The summed E-state index contributed by atoms with van der Waals surface area (Å²) < 4.78 is 5.39. The van der Waals surface area contributed by atoms with Gasteiger partial charge in [0.25, 0.3) is 11.8 Å². The first kappa shape index (κ1) is 31.4. The molecule has 228 valence electrons. The van der Waals surface area contributed by atoms with Gasteiger partial charge < -0.3 is 24.8 Å². The molecule has 0 unspecified atom stereocenters. The van der Waals surface area contributed by atoms with Crippen molar-refractivity contribution in [3.05, 3.63) is 74.5 Å². The quantitative estimate of drug-likeness (QED) is 0.360. The Morgan fingerprint density at radius 1 is 1.05 bits per heavy atom. The van der Waals surface area contributed by atoms with E-state index in [0.717, 1.165) is 17.9 Å². The van der Waals surface area contributed by atoms with E-state index < -0.39 is 34.5 Å². The second-order valence-electron chi connectivity index (χ2n) is 11.4. The maximum absolute atomic E-state index is 14.2. The Morgan fingerprint density at radius 3 is 2.40 bits per heavy atom. The zero-order chi connectivity index (χ0) is 31.5. The highest BCUT2D eigenvalue weighted by molar-refractivity contribution is 6.31. The van der Waals surface area contributed by atoms with Crippen LogP contribution in [0.25, 0.3) is 10.9 Å². The third-order valence-electron chi connectivity index (χ3n) is 6.58. The van der Waals surface area contributed by atoms with Gasteiger partial charge in [-0.2, -0.15) is 0 Å². The molecule has 1 fully saturated rings. The number of urea groups is 1. The third-order valence-corrected chi connectivity index (χ3v) is 6.81. The van der Waals surface area contributed by atoms with Gasteiger partial charge in [0.1, 0.15) is 16.9 Å². The number of pyridine rings is 1. The molecular weight excluding hydrogens is 576 g/mol. The number of likely N-dealkylation sites (tertiary alicyclic amines) is 1. The molecule has 1 saturated heterocycles. The molecule has 5 amide bonds. The van der Waals surface area contributed by atoms with E-state index >= 15 is 0 Å². The van der Waals surface area contributed by atoms with Gasteiger partial charge in [-0.15, -0.1) is 0 Å². The van der Waals surface area contributed by atoms with Crippen molar-refractivity contribution in [2.24, 2.45) is 0 Å². The fourth-order valence-corrected chi connectivity index (χ4v) is 4.75. The standard InChI is InChI=1S/C30H35ClN6O6/c1-30(2,3)43-29(42)34-37(17-18-9-8-10-20(15-18)32-28(41)35(4)5)26(39)23-24(27(40)36-13-6-7-14-36)33-22-16-19(31)11-12-21(22)25(23)38/h8-12,15-16H,6-7,13-14,17H2,1-5H3,(H,32,41)(H,33,38)(H,34,42). The van der Waals surface area contributed by atoms with E-state index in [1.54, 1.807) is 64.0 Å². The lowest BCUT2D eigenvalue weighted by Crippen LogP contribution is -2.49. The van der Waals surface area contributed by atoms with Gasteiger partial charge in [-0.25, -0.2) is 20.0 Å². The summed E-state index contributed by atoms with van der Waals surface area (Å²) in [5.74, 6) is -1.43. The molecule has 13 heteroatoms. The zero-order valence-electron chi connectivity index (χ0n) is 24.7. The number of amides is 5. The molecule has 3 N–H and O–H groups in total. The summed E-state index contributed by atoms with van der Waals surface area (Å²) in [4.78, 5) is 72.7. The average Bonchev–Trinajstić information content (AvgIpc) is 3.46. The number of aromatic amines is 1. The van der Waals surface area contributed by atoms with Gasteiger partial charge >= 0.3 is 12.1 Å². The smallest absolute Gasteiger partial charge is 0.426 e. The van der Waals surface area contributed by atoms with Gasteiger partial charge in [-0.05, 0) is 69.5 Å². The van der Waals surface area contributed by atoms with Crippen LogP contribution in [0.1, 0.15) is 60.0 Å². The maximum atomic E-state index is 14.2. The van der Waals surface area contributed by atoms with Gasteiger partial charge in [0.15, 0.2) is 0 Å². The van der Waals surface area contributed by atoms with E-state index in [0.29, 0.717) is 34.9 Å². The predicted octanol–water partition coefficient (Wildman–Crippen LogP) is 4.59. The number of nitrogens with one attached hydrogen (secondary N) is 3. The summed E-state index contributed by atoms with van der Waals surface area (Å²) in [6, 6.07) is 10.8. The van der Waals surface area contributed by atoms with E-state index in [1.165, 1.54) is 23.1 Å². The number of ether oxygens (including phenoxy) is 1. The minimum Gasteiger partial charge on any atom is -0.443 e. The number of hydrogen-bond donors (Lipinski definition) is 3. The van der Waals surface area contributed by atoms with Gasteiger partial charge in [-0.1, -0.05) is 23.7 Å².